The smallest absolute Gasteiger partial charge is 0.161 e. The topological polar surface area (TPSA) is 55.0 Å². The van der Waals surface area contributed by atoms with Crippen LogP contribution in [0.3, 0.4) is 0 Å². The number of morpholine rings is 1. The first kappa shape index (κ1) is 20.0. The summed E-state index contributed by atoms with van der Waals surface area (Å²) in [4.78, 5) is 2.55. The second-order valence-corrected chi connectivity index (χ2v) is 8.29. The quantitative estimate of drug-likeness (QED) is 0.742. The molecule has 1 aromatic carbocycles. The summed E-state index contributed by atoms with van der Waals surface area (Å²) in [6, 6.07) is 5.44. The van der Waals surface area contributed by atoms with Gasteiger partial charge in [0.1, 0.15) is 0 Å². The number of fused-ring (bicyclic) bond motifs is 1. The molecule has 2 aliphatic heterocycles. The van der Waals surface area contributed by atoms with Gasteiger partial charge in [0.05, 0.1) is 27.4 Å². The lowest BCUT2D eigenvalue weighted by Gasteiger charge is -2.34. The van der Waals surface area contributed by atoms with Gasteiger partial charge in [0.2, 0.25) is 0 Å². The normalized spacial score (nSPS) is 28.1. The van der Waals surface area contributed by atoms with Crippen LogP contribution in [0.15, 0.2) is 12.1 Å². The summed E-state index contributed by atoms with van der Waals surface area (Å²) in [5.74, 6) is 2.38. The van der Waals surface area contributed by atoms with E-state index >= 15 is 0 Å². The van der Waals surface area contributed by atoms with Gasteiger partial charge in [-0.15, -0.1) is 0 Å². The largest absolute Gasteiger partial charge is 0.493 e. The SMILES string of the molecule is COc1cc2c(cc1OC)CN(CCNC1CCCC1C1COCCN1)CC2. The van der Waals surface area contributed by atoms with E-state index in [-0.39, 0.29) is 0 Å². The van der Waals surface area contributed by atoms with Gasteiger partial charge in [0.25, 0.3) is 0 Å². The number of methoxy groups -OCH3 is 2. The van der Waals surface area contributed by atoms with Gasteiger partial charge < -0.3 is 24.8 Å². The van der Waals surface area contributed by atoms with Crippen molar-refractivity contribution in [2.24, 2.45) is 5.92 Å². The Morgan fingerprint density at radius 2 is 2.00 bits per heavy atom. The van der Waals surface area contributed by atoms with E-state index in [0.29, 0.717) is 18.0 Å². The fourth-order valence-corrected chi connectivity index (χ4v) is 5.12. The lowest BCUT2D eigenvalue weighted by Crippen LogP contribution is -2.51. The maximum atomic E-state index is 5.69. The van der Waals surface area contributed by atoms with Gasteiger partial charge >= 0.3 is 0 Å². The number of nitrogens with one attached hydrogen (secondary N) is 2. The standard InChI is InChI=1S/C22H35N3O3/c1-26-21-12-16-6-9-25(14-17(16)13-22(21)27-2)10-7-23-19-5-3-4-18(19)20-15-28-11-8-24-20/h12-13,18-20,23-24H,3-11,14-15H2,1-2H3. The van der Waals surface area contributed by atoms with Crippen molar-refractivity contribution >= 4 is 0 Å². The Morgan fingerprint density at radius 3 is 2.75 bits per heavy atom. The molecule has 0 aromatic heterocycles. The highest BCUT2D eigenvalue weighted by atomic mass is 16.5. The molecule has 3 aliphatic rings. The van der Waals surface area contributed by atoms with E-state index < -0.39 is 0 Å². The summed E-state index contributed by atoms with van der Waals surface area (Å²) < 4.78 is 16.6. The van der Waals surface area contributed by atoms with E-state index in [1.165, 1.54) is 30.4 Å². The first-order chi connectivity index (χ1) is 13.8. The number of ether oxygens (including phenoxy) is 3. The van der Waals surface area contributed by atoms with E-state index in [0.717, 1.165) is 63.9 Å². The molecule has 3 atom stereocenters. The molecule has 0 spiro atoms. The van der Waals surface area contributed by atoms with Gasteiger partial charge in [-0.2, -0.15) is 0 Å². The molecule has 3 unspecified atom stereocenters. The zero-order chi connectivity index (χ0) is 19.3. The van der Waals surface area contributed by atoms with Crippen molar-refractivity contribution in [2.75, 3.05) is 53.6 Å². The Bertz CT molecular complexity index is 648. The zero-order valence-corrected chi connectivity index (χ0v) is 17.3. The second-order valence-electron chi connectivity index (χ2n) is 8.29. The van der Waals surface area contributed by atoms with Gasteiger partial charge in [-0.05, 0) is 48.4 Å². The number of hydrogen-bond acceptors (Lipinski definition) is 6. The molecule has 156 valence electrons. The molecule has 1 aromatic rings. The summed E-state index contributed by atoms with van der Waals surface area (Å²) in [5.41, 5.74) is 2.76. The highest BCUT2D eigenvalue weighted by molar-refractivity contribution is 5.48. The highest BCUT2D eigenvalue weighted by Gasteiger charge is 2.34. The Labute approximate surface area is 168 Å². The number of rotatable bonds is 7. The summed E-state index contributed by atoms with van der Waals surface area (Å²) in [7, 11) is 3.41. The summed E-state index contributed by atoms with van der Waals surface area (Å²) in [6.07, 6.45) is 5.02. The molecule has 1 aliphatic carbocycles. The third kappa shape index (κ3) is 4.46. The first-order valence-electron chi connectivity index (χ1n) is 10.8. The molecule has 4 rings (SSSR count). The molecule has 1 saturated heterocycles. The Kier molecular flexibility index (Phi) is 6.73. The van der Waals surface area contributed by atoms with Crippen LogP contribution in [0.2, 0.25) is 0 Å². The second kappa shape index (κ2) is 9.44. The van der Waals surface area contributed by atoms with Crippen molar-refractivity contribution in [3.05, 3.63) is 23.3 Å². The molecular formula is C22H35N3O3. The van der Waals surface area contributed by atoms with Crippen LogP contribution < -0.4 is 20.1 Å². The predicted octanol–water partition coefficient (Wildman–Crippen LogP) is 1.81. The number of nitrogens with zero attached hydrogens (tertiary/aromatic N) is 1. The van der Waals surface area contributed by atoms with Crippen LogP contribution in [0.25, 0.3) is 0 Å². The van der Waals surface area contributed by atoms with Gasteiger partial charge in [0.15, 0.2) is 11.5 Å². The fourth-order valence-electron chi connectivity index (χ4n) is 5.12. The number of hydrogen-bond donors (Lipinski definition) is 2. The van der Waals surface area contributed by atoms with Crippen molar-refractivity contribution < 1.29 is 14.2 Å². The molecule has 0 amide bonds. The van der Waals surface area contributed by atoms with Crippen LogP contribution in [0.5, 0.6) is 11.5 Å². The molecular weight excluding hydrogens is 354 g/mol. The monoisotopic (exact) mass is 389 g/mol. The lowest BCUT2D eigenvalue weighted by atomic mass is 9.94. The van der Waals surface area contributed by atoms with Crippen LogP contribution in [-0.2, 0) is 17.7 Å². The molecule has 28 heavy (non-hydrogen) atoms. The Hall–Kier alpha value is -1.34. The summed E-state index contributed by atoms with van der Waals surface area (Å²) in [5, 5.41) is 7.52. The molecule has 0 radical (unpaired) electrons. The molecule has 2 N–H and O–H groups in total. The average Bonchev–Trinajstić information content (AvgIpc) is 3.21. The van der Waals surface area contributed by atoms with Crippen molar-refractivity contribution in [1.29, 1.82) is 0 Å². The highest BCUT2D eigenvalue weighted by Crippen LogP contribution is 2.33. The van der Waals surface area contributed by atoms with Crippen molar-refractivity contribution in [2.45, 2.75) is 44.3 Å². The van der Waals surface area contributed by atoms with Crippen molar-refractivity contribution in [1.82, 2.24) is 15.5 Å². The van der Waals surface area contributed by atoms with Gasteiger partial charge in [-0.1, -0.05) is 6.42 Å². The number of benzene rings is 1. The average molecular weight is 390 g/mol. The maximum absolute atomic E-state index is 5.69. The molecule has 6 nitrogen and oxygen atoms in total. The minimum atomic E-state index is 0.526. The summed E-state index contributed by atoms with van der Waals surface area (Å²) >= 11 is 0. The van der Waals surface area contributed by atoms with E-state index in [9.17, 15) is 0 Å². The predicted molar refractivity (Wildman–Crippen MR) is 110 cm³/mol. The lowest BCUT2D eigenvalue weighted by molar-refractivity contribution is 0.0523. The molecule has 6 heteroatoms. The van der Waals surface area contributed by atoms with Crippen LogP contribution in [-0.4, -0.2) is 70.6 Å². The zero-order valence-electron chi connectivity index (χ0n) is 17.3. The van der Waals surface area contributed by atoms with E-state index in [1.807, 2.05) is 0 Å². The minimum absolute atomic E-state index is 0.526. The third-order valence-electron chi connectivity index (χ3n) is 6.67. The molecule has 0 bridgehead atoms. The third-order valence-corrected chi connectivity index (χ3v) is 6.67. The van der Waals surface area contributed by atoms with Gasteiger partial charge in [-0.3, -0.25) is 4.90 Å². The van der Waals surface area contributed by atoms with E-state index in [2.05, 4.69) is 27.7 Å². The van der Waals surface area contributed by atoms with Crippen LogP contribution in [0.4, 0.5) is 0 Å². The van der Waals surface area contributed by atoms with Crippen LogP contribution in [0, 0.1) is 5.92 Å². The Morgan fingerprint density at radius 1 is 1.18 bits per heavy atom. The molecule has 1 saturated carbocycles. The van der Waals surface area contributed by atoms with Crippen molar-refractivity contribution in [3.63, 3.8) is 0 Å². The van der Waals surface area contributed by atoms with Crippen LogP contribution in [0.1, 0.15) is 30.4 Å². The van der Waals surface area contributed by atoms with Gasteiger partial charge in [0, 0.05) is 44.8 Å². The molecule has 2 fully saturated rings. The molecule has 2 heterocycles. The van der Waals surface area contributed by atoms with E-state index in [1.54, 1.807) is 14.2 Å². The van der Waals surface area contributed by atoms with Crippen molar-refractivity contribution in [3.8, 4) is 11.5 Å². The summed E-state index contributed by atoms with van der Waals surface area (Å²) in [6.45, 7) is 6.96. The van der Waals surface area contributed by atoms with E-state index in [4.69, 9.17) is 14.2 Å². The maximum Gasteiger partial charge on any atom is 0.161 e. The fraction of sp³-hybridized carbons (Fsp3) is 0.727. The van der Waals surface area contributed by atoms with Gasteiger partial charge in [-0.25, -0.2) is 0 Å². The van der Waals surface area contributed by atoms with Crippen LogP contribution >= 0.6 is 0 Å². The Balaban J connectivity index is 1.28. The first-order valence-corrected chi connectivity index (χ1v) is 10.8. The minimum Gasteiger partial charge on any atom is -0.493 e.